The van der Waals surface area contributed by atoms with Crippen molar-refractivity contribution in [3.8, 4) is 11.5 Å². The topological polar surface area (TPSA) is 138 Å². The first-order valence-corrected chi connectivity index (χ1v) is 13.3. The van der Waals surface area contributed by atoms with Crippen molar-refractivity contribution in [3.05, 3.63) is 81.8 Å². The van der Waals surface area contributed by atoms with E-state index in [-0.39, 0.29) is 22.0 Å². The van der Waals surface area contributed by atoms with Crippen LogP contribution in [-0.4, -0.2) is 31.1 Å². The van der Waals surface area contributed by atoms with E-state index in [2.05, 4.69) is 15.5 Å². The first-order valence-electron chi connectivity index (χ1n) is 11.1. The lowest BCUT2D eigenvalue weighted by Gasteiger charge is -2.12. The third kappa shape index (κ3) is 5.73. The summed E-state index contributed by atoms with van der Waals surface area (Å²) in [7, 11) is -3.10. The van der Waals surface area contributed by atoms with Crippen molar-refractivity contribution in [1.82, 2.24) is 0 Å². The number of aromatic hydroxyl groups is 1. The van der Waals surface area contributed by atoms with Crippen LogP contribution in [0.25, 0.3) is 10.8 Å². The van der Waals surface area contributed by atoms with E-state index >= 15 is 0 Å². The van der Waals surface area contributed by atoms with Crippen molar-refractivity contribution in [2.75, 3.05) is 12.4 Å². The average molecular weight is 574 g/mol. The van der Waals surface area contributed by atoms with Gasteiger partial charge in [0.15, 0.2) is 5.75 Å². The number of phenols is 1. The van der Waals surface area contributed by atoms with Gasteiger partial charge < -0.3 is 15.2 Å². The zero-order valence-corrected chi connectivity index (χ0v) is 22.4. The number of carbonyl (C=O) groups is 1. The number of benzene rings is 4. The molecule has 9 nitrogen and oxygen atoms in total. The van der Waals surface area contributed by atoms with Gasteiger partial charge in [-0.2, -0.15) is 13.5 Å². The molecular weight excluding hydrogens is 553 g/mol. The smallest absolute Gasteiger partial charge is 0.294 e. The number of phenolic OH excluding ortho intramolecular Hbond substituents is 1. The maximum Gasteiger partial charge on any atom is 0.294 e. The minimum absolute atomic E-state index is 0.0210. The number of azo groups is 1. The Labute approximate surface area is 228 Å². The van der Waals surface area contributed by atoms with E-state index in [0.29, 0.717) is 39.2 Å². The Morgan fingerprint density at radius 3 is 2.47 bits per heavy atom. The molecule has 0 aliphatic rings. The maximum atomic E-state index is 13.2. The molecule has 0 aromatic heterocycles. The first kappa shape index (κ1) is 27.3. The molecule has 0 bridgehead atoms. The van der Waals surface area contributed by atoms with Crippen LogP contribution in [0.3, 0.4) is 0 Å². The Bertz CT molecular complexity index is 1710. The van der Waals surface area contributed by atoms with Crippen molar-refractivity contribution >= 4 is 67.1 Å². The molecule has 196 valence electrons. The van der Waals surface area contributed by atoms with Crippen LogP contribution in [0, 0.1) is 0 Å². The van der Waals surface area contributed by atoms with Gasteiger partial charge in [0.05, 0.1) is 23.3 Å². The number of amides is 1. The molecule has 1 amide bonds. The second-order valence-electron chi connectivity index (χ2n) is 8.11. The summed E-state index contributed by atoms with van der Waals surface area (Å²) < 4.78 is 38.1. The van der Waals surface area contributed by atoms with Gasteiger partial charge in [0, 0.05) is 27.2 Å². The van der Waals surface area contributed by atoms with Gasteiger partial charge in [-0.1, -0.05) is 54.4 Å². The fourth-order valence-corrected chi connectivity index (χ4v) is 5.00. The van der Waals surface area contributed by atoms with Crippen molar-refractivity contribution in [3.63, 3.8) is 0 Å². The van der Waals surface area contributed by atoms with E-state index in [1.807, 2.05) is 0 Å². The molecule has 4 rings (SSSR count). The van der Waals surface area contributed by atoms with Crippen molar-refractivity contribution in [2.24, 2.45) is 10.2 Å². The summed E-state index contributed by atoms with van der Waals surface area (Å²) in [5.74, 6) is -0.656. The van der Waals surface area contributed by atoms with Gasteiger partial charge >= 0.3 is 0 Å². The monoisotopic (exact) mass is 573 g/mol. The van der Waals surface area contributed by atoms with E-state index < -0.39 is 26.7 Å². The van der Waals surface area contributed by atoms with Crippen molar-refractivity contribution < 1.29 is 27.6 Å². The molecule has 0 atom stereocenters. The summed E-state index contributed by atoms with van der Waals surface area (Å²) in [6.45, 7) is 1.79. The SMILES string of the molecule is CCc1c(Cl)cc(S(=O)(=O)O)cc1N=Nc1c(O)c(C(=O)Nc2cc(Cl)cc(OC)c2)cc2ccccc12. The zero-order chi connectivity index (χ0) is 27.6. The van der Waals surface area contributed by atoms with Gasteiger partial charge in [-0.05, 0) is 47.7 Å². The van der Waals surface area contributed by atoms with E-state index in [9.17, 15) is 22.9 Å². The van der Waals surface area contributed by atoms with Crippen molar-refractivity contribution in [1.29, 1.82) is 0 Å². The summed E-state index contributed by atoms with van der Waals surface area (Å²) in [5, 5.41) is 23.6. The van der Waals surface area contributed by atoms with Crippen molar-refractivity contribution in [2.45, 2.75) is 18.2 Å². The molecule has 0 saturated heterocycles. The van der Waals surface area contributed by atoms with Crippen LogP contribution in [0.15, 0.2) is 75.8 Å². The van der Waals surface area contributed by atoms with Gasteiger partial charge in [-0.3, -0.25) is 9.35 Å². The van der Waals surface area contributed by atoms with E-state index in [1.54, 1.807) is 43.3 Å². The predicted molar refractivity (Wildman–Crippen MR) is 146 cm³/mol. The number of anilines is 1. The van der Waals surface area contributed by atoms with Gasteiger partial charge in [0.25, 0.3) is 16.0 Å². The number of hydrogen-bond donors (Lipinski definition) is 3. The lowest BCUT2D eigenvalue weighted by molar-refractivity contribution is 0.102. The number of methoxy groups -OCH3 is 1. The predicted octanol–water partition coefficient (Wildman–Crippen LogP) is 7.34. The molecule has 0 radical (unpaired) electrons. The number of fused-ring (bicyclic) bond motifs is 1. The summed E-state index contributed by atoms with van der Waals surface area (Å²) in [5.41, 5.74) is 0.802. The fraction of sp³-hybridized carbons (Fsp3) is 0.115. The normalized spacial score (nSPS) is 11.7. The summed E-state index contributed by atoms with van der Waals surface area (Å²) in [6.07, 6.45) is 0.386. The van der Waals surface area contributed by atoms with E-state index in [4.69, 9.17) is 27.9 Å². The van der Waals surface area contributed by atoms with Gasteiger partial charge in [-0.15, -0.1) is 5.11 Å². The highest BCUT2D eigenvalue weighted by Gasteiger charge is 2.20. The summed E-state index contributed by atoms with van der Waals surface area (Å²) in [6, 6.07) is 15.4. The molecule has 0 heterocycles. The Kier molecular flexibility index (Phi) is 7.89. The number of hydrogen-bond acceptors (Lipinski definition) is 7. The van der Waals surface area contributed by atoms with E-state index in [1.165, 1.54) is 19.2 Å². The highest BCUT2D eigenvalue weighted by molar-refractivity contribution is 7.85. The van der Waals surface area contributed by atoms with Crippen LogP contribution < -0.4 is 10.1 Å². The Hall–Kier alpha value is -3.70. The van der Waals surface area contributed by atoms with Crippen LogP contribution in [0.4, 0.5) is 17.1 Å². The molecule has 0 spiro atoms. The molecular formula is C26H21Cl2N3O6S. The molecule has 4 aromatic carbocycles. The summed E-state index contributed by atoms with van der Waals surface area (Å²) in [4.78, 5) is 12.7. The largest absolute Gasteiger partial charge is 0.505 e. The third-order valence-electron chi connectivity index (χ3n) is 5.66. The lowest BCUT2D eigenvalue weighted by Crippen LogP contribution is -2.12. The second kappa shape index (κ2) is 11.0. The molecule has 0 aliphatic heterocycles. The Morgan fingerprint density at radius 1 is 1.05 bits per heavy atom. The quantitative estimate of drug-likeness (QED) is 0.156. The Morgan fingerprint density at radius 2 is 1.79 bits per heavy atom. The van der Waals surface area contributed by atoms with Gasteiger partial charge in [0.1, 0.15) is 11.4 Å². The van der Waals surface area contributed by atoms with Crippen LogP contribution in [-0.2, 0) is 16.5 Å². The number of nitrogens with one attached hydrogen (secondary N) is 1. The maximum absolute atomic E-state index is 13.2. The third-order valence-corrected chi connectivity index (χ3v) is 7.05. The van der Waals surface area contributed by atoms with Gasteiger partial charge in [-0.25, -0.2) is 0 Å². The Balaban J connectivity index is 1.83. The minimum atomic E-state index is -4.56. The summed E-state index contributed by atoms with van der Waals surface area (Å²) >= 11 is 12.3. The number of ether oxygens (including phenoxy) is 1. The molecule has 4 aromatic rings. The average Bonchev–Trinajstić information content (AvgIpc) is 2.86. The van der Waals surface area contributed by atoms with E-state index in [0.717, 1.165) is 12.1 Å². The molecule has 0 unspecified atom stereocenters. The zero-order valence-electron chi connectivity index (χ0n) is 20.1. The molecule has 3 N–H and O–H groups in total. The molecule has 38 heavy (non-hydrogen) atoms. The van der Waals surface area contributed by atoms with Gasteiger partial charge in [0.2, 0.25) is 0 Å². The second-order valence-corrected chi connectivity index (χ2v) is 10.4. The van der Waals surface area contributed by atoms with Crippen LogP contribution in [0.2, 0.25) is 10.0 Å². The molecule has 0 saturated carbocycles. The standard InChI is InChI=1S/C26H21Cl2N3O6S/c1-3-19-22(28)12-18(38(34,35)36)13-23(19)30-31-24-20-7-5-4-6-14(20)8-21(25(24)32)26(33)29-16-9-15(27)10-17(11-16)37-2/h4-13,32H,3H2,1-2H3,(H,29,33)(H,34,35,36). The lowest BCUT2D eigenvalue weighted by atomic mass is 10.0. The van der Waals surface area contributed by atoms with Crippen LogP contribution in [0.1, 0.15) is 22.8 Å². The highest BCUT2D eigenvalue weighted by atomic mass is 35.5. The van der Waals surface area contributed by atoms with Crippen LogP contribution in [0.5, 0.6) is 11.5 Å². The first-order chi connectivity index (χ1) is 18.0. The minimum Gasteiger partial charge on any atom is -0.505 e. The molecule has 0 fully saturated rings. The highest BCUT2D eigenvalue weighted by Crippen LogP contribution is 2.41. The number of rotatable bonds is 7. The molecule has 0 aliphatic carbocycles. The fourth-order valence-electron chi connectivity index (χ4n) is 3.83. The number of carbonyl (C=O) groups excluding carboxylic acids is 1. The van der Waals surface area contributed by atoms with Crippen LogP contribution >= 0.6 is 23.2 Å². The number of nitrogens with zero attached hydrogens (tertiary/aromatic N) is 2. The molecule has 12 heteroatoms. The number of halogens is 2.